The van der Waals surface area contributed by atoms with Crippen molar-refractivity contribution >= 4 is 11.6 Å². The average Bonchev–Trinajstić information content (AvgIpc) is 2.50. The monoisotopic (exact) mass is 288 g/mol. The molecule has 0 saturated heterocycles. The van der Waals surface area contributed by atoms with Crippen LogP contribution in [0, 0.1) is 5.82 Å². The summed E-state index contributed by atoms with van der Waals surface area (Å²) in [4.78, 5) is 13.9. The van der Waals surface area contributed by atoms with Crippen LogP contribution in [0.5, 0.6) is 0 Å². The van der Waals surface area contributed by atoms with E-state index < -0.39 is 11.7 Å². The molecule has 5 heteroatoms. The number of nitrogens with two attached hydrogens (primary N) is 1. The highest BCUT2D eigenvalue weighted by Gasteiger charge is 2.19. The number of amides is 1. The van der Waals surface area contributed by atoms with Gasteiger partial charge in [0.25, 0.3) is 5.91 Å². The van der Waals surface area contributed by atoms with Crippen molar-refractivity contribution < 1.29 is 14.3 Å². The lowest BCUT2D eigenvalue weighted by Gasteiger charge is -2.22. The Kier molecular flexibility index (Phi) is 4.90. The number of rotatable bonds is 5. The van der Waals surface area contributed by atoms with Crippen molar-refractivity contribution in [2.75, 3.05) is 18.9 Å². The Morgan fingerprint density at radius 2 is 1.86 bits per heavy atom. The molecule has 1 amide bonds. The van der Waals surface area contributed by atoms with E-state index in [4.69, 9.17) is 10.8 Å². The molecule has 0 heterocycles. The summed E-state index contributed by atoms with van der Waals surface area (Å²) in [5.41, 5.74) is 6.49. The lowest BCUT2D eigenvalue weighted by atomic mass is 10.1. The molecule has 0 unspecified atom stereocenters. The Hall–Kier alpha value is -2.40. The molecule has 0 saturated carbocycles. The van der Waals surface area contributed by atoms with Crippen LogP contribution in [0.3, 0.4) is 0 Å². The van der Waals surface area contributed by atoms with Crippen LogP contribution in [0.25, 0.3) is 0 Å². The van der Waals surface area contributed by atoms with Crippen LogP contribution < -0.4 is 5.73 Å². The van der Waals surface area contributed by atoms with E-state index in [0.717, 1.165) is 5.56 Å². The first kappa shape index (κ1) is 15.0. The summed E-state index contributed by atoms with van der Waals surface area (Å²) < 4.78 is 13.5. The van der Waals surface area contributed by atoms with Crippen LogP contribution in [-0.2, 0) is 6.54 Å². The zero-order chi connectivity index (χ0) is 15.2. The lowest BCUT2D eigenvalue weighted by molar-refractivity contribution is 0.0708. The summed E-state index contributed by atoms with van der Waals surface area (Å²) in [6, 6.07) is 13.5. The second-order valence-electron chi connectivity index (χ2n) is 4.64. The van der Waals surface area contributed by atoms with E-state index in [2.05, 4.69) is 0 Å². The zero-order valence-electron chi connectivity index (χ0n) is 11.5. The van der Waals surface area contributed by atoms with E-state index in [0.29, 0.717) is 6.54 Å². The molecule has 2 rings (SSSR count). The maximum absolute atomic E-state index is 13.5. The van der Waals surface area contributed by atoms with Gasteiger partial charge in [0.05, 0.1) is 17.9 Å². The van der Waals surface area contributed by atoms with E-state index in [1.54, 1.807) is 0 Å². The fourth-order valence-corrected chi connectivity index (χ4v) is 2.07. The van der Waals surface area contributed by atoms with Crippen LogP contribution in [0.1, 0.15) is 15.9 Å². The quantitative estimate of drug-likeness (QED) is 0.827. The molecule has 0 radical (unpaired) electrons. The summed E-state index contributed by atoms with van der Waals surface area (Å²) >= 11 is 0. The van der Waals surface area contributed by atoms with Gasteiger partial charge in [-0.3, -0.25) is 4.79 Å². The van der Waals surface area contributed by atoms with Crippen molar-refractivity contribution in [2.24, 2.45) is 0 Å². The largest absolute Gasteiger partial charge is 0.396 e. The van der Waals surface area contributed by atoms with Gasteiger partial charge in [-0.2, -0.15) is 0 Å². The van der Waals surface area contributed by atoms with Gasteiger partial charge < -0.3 is 15.7 Å². The summed E-state index contributed by atoms with van der Waals surface area (Å²) in [7, 11) is 0. The smallest absolute Gasteiger partial charge is 0.256 e. The van der Waals surface area contributed by atoms with E-state index >= 15 is 0 Å². The van der Waals surface area contributed by atoms with Gasteiger partial charge in [-0.1, -0.05) is 36.4 Å². The summed E-state index contributed by atoms with van der Waals surface area (Å²) in [5, 5.41) is 9.14. The number of nitrogens with zero attached hydrogens (tertiary/aromatic N) is 1. The molecule has 2 aromatic carbocycles. The van der Waals surface area contributed by atoms with Crippen molar-refractivity contribution in [3.05, 3.63) is 65.5 Å². The highest BCUT2D eigenvalue weighted by Crippen LogP contribution is 2.19. The van der Waals surface area contributed by atoms with E-state index in [-0.39, 0.29) is 24.4 Å². The molecule has 0 atom stereocenters. The minimum absolute atomic E-state index is 0.111. The van der Waals surface area contributed by atoms with Gasteiger partial charge in [0, 0.05) is 13.1 Å². The number of anilines is 1. The standard InChI is InChI=1S/C16H17FN2O2/c17-14-8-4-7-13(15(14)18)16(21)19(9-10-20)11-12-5-2-1-3-6-12/h1-8,20H,9-11,18H2. The Morgan fingerprint density at radius 3 is 2.52 bits per heavy atom. The molecule has 4 nitrogen and oxygen atoms in total. The van der Waals surface area contributed by atoms with Crippen LogP contribution in [-0.4, -0.2) is 29.1 Å². The van der Waals surface area contributed by atoms with E-state index in [9.17, 15) is 9.18 Å². The van der Waals surface area contributed by atoms with Gasteiger partial charge in [0.15, 0.2) is 0 Å². The first-order valence-electron chi connectivity index (χ1n) is 6.61. The molecule has 0 spiro atoms. The molecule has 3 N–H and O–H groups in total. The van der Waals surface area contributed by atoms with Gasteiger partial charge in [0.2, 0.25) is 0 Å². The minimum Gasteiger partial charge on any atom is -0.396 e. The number of nitrogen functional groups attached to an aromatic ring is 1. The van der Waals surface area contributed by atoms with Crippen LogP contribution in [0.4, 0.5) is 10.1 Å². The number of hydrogen-bond acceptors (Lipinski definition) is 3. The Labute approximate surface area is 122 Å². The van der Waals surface area contributed by atoms with Crippen molar-refractivity contribution in [1.29, 1.82) is 0 Å². The predicted octanol–water partition coefficient (Wildman–Crippen LogP) is 2.04. The second kappa shape index (κ2) is 6.85. The molecule has 0 fully saturated rings. The molecule has 110 valence electrons. The highest BCUT2D eigenvalue weighted by atomic mass is 19.1. The number of benzene rings is 2. The summed E-state index contributed by atoms with van der Waals surface area (Å²) in [5.74, 6) is -1.02. The fourth-order valence-electron chi connectivity index (χ4n) is 2.07. The number of aliphatic hydroxyl groups is 1. The topological polar surface area (TPSA) is 66.6 Å². The van der Waals surface area contributed by atoms with Crippen molar-refractivity contribution in [1.82, 2.24) is 4.90 Å². The molecular weight excluding hydrogens is 271 g/mol. The molecule has 0 aliphatic carbocycles. The van der Waals surface area contributed by atoms with Crippen LogP contribution >= 0.6 is 0 Å². The Morgan fingerprint density at radius 1 is 1.14 bits per heavy atom. The fraction of sp³-hybridized carbons (Fsp3) is 0.188. The maximum atomic E-state index is 13.5. The molecular formula is C16H17FN2O2. The number of hydrogen-bond donors (Lipinski definition) is 2. The molecule has 0 aromatic heterocycles. The normalized spacial score (nSPS) is 10.4. The van der Waals surface area contributed by atoms with Crippen LogP contribution in [0.2, 0.25) is 0 Å². The average molecular weight is 288 g/mol. The number of carbonyl (C=O) groups is 1. The molecule has 0 bridgehead atoms. The van der Waals surface area contributed by atoms with Gasteiger partial charge in [0.1, 0.15) is 5.82 Å². The SMILES string of the molecule is Nc1c(F)cccc1C(=O)N(CCO)Cc1ccccc1. The van der Waals surface area contributed by atoms with Gasteiger partial charge in [-0.25, -0.2) is 4.39 Å². The molecule has 0 aliphatic heterocycles. The van der Waals surface area contributed by atoms with Crippen LogP contribution in [0.15, 0.2) is 48.5 Å². The number of carbonyl (C=O) groups excluding carboxylic acids is 1. The third kappa shape index (κ3) is 3.58. The zero-order valence-corrected chi connectivity index (χ0v) is 11.5. The Bertz CT molecular complexity index is 617. The summed E-state index contributed by atoms with van der Waals surface area (Å²) in [6.45, 7) is 0.313. The molecule has 21 heavy (non-hydrogen) atoms. The van der Waals surface area contributed by atoms with Crippen molar-refractivity contribution in [2.45, 2.75) is 6.54 Å². The van der Waals surface area contributed by atoms with Crippen molar-refractivity contribution in [3.8, 4) is 0 Å². The molecule has 2 aromatic rings. The van der Waals surface area contributed by atoms with Gasteiger partial charge in [-0.05, 0) is 17.7 Å². The van der Waals surface area contributed by atoms with Gasteiger partial charge in [-0.15, -0.1) is 0 Å². The first-order chi connectivity index (χ1) is 10.1. The van der Waals surface area contributed by atoms with Crippen molar-refractivity contribution in [3.63, 3.8) is 0 Å². The number of aliphatic hydroxyl groups excluding tert-OH is 1. The number of para-hydroxylation sites is 1. The maximum Gasteiger partial charge on any atom is 0.256 e. The lowest BCUT2D eigenvalue weighted by Crippen LogP contribution is -2.33. The second-order valence-corrected chi connectivity index (χ2v) is 4.64. The van der Waals surface area contributed by atoms with Gasteiger partial charge >= 0.3 is 0 Å². The predicted molar refractivity (Wildman–Crippen MR) is 79.1 cm³/mol. The minimum atomic E-state index is -0.621. The third-order valence-electron chi connectivity index (χ3n) is 3.16. The highest BCUT2D eigenvalue weighted by molar-refractivity contribution is 5.99. The Balaban J connectivity index is 2.25. The molecule has 0 aliphatic rings. The third-order valence-corrected chi connectivity index (χ3v) is 3.16. The van der Waals surface area contributed by atoms with E-state index in [1.807, 2.05) is 30.3 Å². The number of halogens is 1. The van der Waals surface area contributed by atoms with E-state index in [1.165, 1.54) is 23.1 Å². The first-order valence-corrected chi connectivity index (χ1v) is 6.61. The summed E-state index contributed by atoms with van der Waals surface area (Å²) in [6.07, 6.45) is 0.